The van der Waals surface area contributed by atoms with E-state index in [1.54, 1.807) is 0 Å². The highest BCUT2D eigenvalue weighted by Gasteiger charge is 2.29. The van der Waals surface area contributed by atoms with Gasteiger partial charge in [0, 0.05) is 19.1 Å². The van der Waals surface area contributed by atoms with E-state index in [-0.39, 0.29) is 18.0 Å². The van der Waals surface area contributed by atoms with Crippen LogP contribution in [0.3, 0.4) is 0 Å². The van der Waals surface area contributed by atoms with Gasteiger partial charge in [0.25, 0.3) is 0 Å². The highest BCUT2D eigenvalue weighted by atomic mass is 16.4. The van der Waals surface area contributed by atoms with Gasteiger partial charge in [-0.05, 0) is 60.8 Å². The maximum atomic E-state index is 12.6. The summed E-state index contributed by atoms with van der Waals surface area (Å²) in [5.41, 5.74) is 1.39. The number of carboxylic acids is 1. The number of likely N-dealkylation sites (tertiary alicyclic amines) is 1. The van der Waals surface area contributed by atoms with E-state index in [0.717, 1.165) is 38.8 Å². The van der Waals surface area contributed by atoms with Crippen LogP contribution in [0.4, 0.5) is 4.79 Å². The van der Waals surface area contributed by atoms with Gasteiger partial charge < -0.3 is 15.3 Å². The molecule has 0 bridgehead atoms. The van der Waals surface area contributed by atoms with Gasteiger partial charge in [-0.1, -0.05) is 42.5 Å². The number of aliphatic carboxylic acids is 1. The highest BCUT2D eigenvalue weighted by Crippen LogP contribution is 2.33. The van der Waals surface area contributed by atoms with Gasteiger partial charge in [-0.25, -0.2) is 4.79 Å². The summed E-state index contributed by atoms with van der Waals surface area (Å²) in [7, 11) is 0. The Balaban J connectivity index is 1.31. The molecule has 0 spiro atoms. The third-order valence-corrected chi connectivity index (χ3v) is 6.45. The number of rotatable bonds is 3. The van der Waals surface area contributed by atoms with Crippen LogP contribution < -0.4 is 5.32 Å². The Labute approximate surface area is 165 Å². The zero-order valence-electron chi connectivity index (χ0n) is 16.1. The molecule has 28 heavy (non-hydrogen) atoms. The van der Waals surface area contributed by atoms with Crippen molar-refractivity contribution in [2.75, 3.05) is 13.1 Å². The zero-order valence-corrected chi connectivity index (χ0v) is 16.1. The molecule has 2 aromatic rings. The smallest absolute Gasteiger partial charge is 0.317 e. The van der Waals surface area contributed by atoms with Crippen LogP contribution in [0.1, 0.15) is 50.0 Å². The van der Waals surface area contributed by atoms with Crippen molar-refractivity contribution in [2.45, 2.75) is 50.5 Å². The largest absolute Gasteiger partial charge is 0.481 e. The molecule has 2 N–H and O–H groups in total. The average molecular weight is 380 g/mol. The molecule has 0 aromatic heterocycles. The number of urea groups is 1. The maximum absolute atomic E-state index is 12.6. The van der Waals surface area contributed by atoms with Crippen LogP contribution in [-0.2, 0) is 4.79 Å². The molecule has 1 heterocycles. The van der Waals surface area contributed by atoms with Crippen LogP contribution in [-0.4, -0.2) is 41.1 Å². The fraction of sp³-hybridized carbons (Fsp3) is 0.478. The van der Waals surface area contributed by atoms with Crippen LogP contribution in [0.5, 0.6) is 0 Å². The lowest BCUT2D eigenvalue weighted by Gasteiger charge is -2.35. The molecule has 148 valence electrons. The molecule has 0 unspecified atom stereocenters. The number of benzene rings is 2. The van der Waals surface area contributed by atoms with E-state index in [1.165, 1.54) is 16.3 Å². The van der Waals surface area contributed by atoms with Crippen molar-refractivity contribution >= 4 is 22.8 Å². The third kappa shape index (κ3) is 3.98. The monoisotopic (exact) mass is 380 g/mol. The Morgan fingerprint density at radius 3 is 2.29 bits per heavy atom. The molecule has 2 fully saturated rings. The minimum Gasteiger partial charge on any atom is -0.481 e. The van der Waals surface area contributed by atoms with E-state index < -0.39 is 5.97 Å². The van der Waals surface area contributed by atoms with Gasteiger partial charge in [-0.15, -0.1) is 0 Å². The number of nitrogens with one attached hydrogen (secondary N) is 1. The minimum absolute atomic E-state index is 0.00939. The van der Waals surface area contributed by atoms with Crippen molar-refractivity contribution < 1.29 is 14.7 Å². The number of carbonyl (C=O) groups excluding carboxylic acids is 1. The topological polar surface area (TPSA) is 69.6 Å². The van der Waals surface area contributed by atoms with E-state index in [0.29, 0.717) is 18.8 Å². The number of carboxylic acid groups (broad SMARTS) is 1. The summed E-state index contributed by atoms with van der Waals surface area (Å²) in [6.07, 6.45) is 4.79. The van der Waals surface area contributed by atoms with Crippen molar-refractivity contribution in [2.24, 2.45) is 5.92 Å². The second-order valence-electron chi connectivity index (χ2n) is 8.17. The third-order valence-electron chi connectivity index (χ3n) is 6.45. The van der Waals surface area contributed by atoms with Gasteiger partial charge in [-0.2, -0.15) is 0 Å². The number of hydrogen-bond acceptors (Lipinski definition) is 2. The predicted octanol–water partition coefficient (Wildman–Crippen LogP) is 4.37. The number of nitrogens with zero attached hydrogens (tertiary/aromatic N) is 1. The van der Waals surface area contributed by atoms with Crippen LogP contribution in [0.25, 0.3) is 10.8 Å². The molecule has 2 aliphatic rings. The molecule has 2 amide bonds. The standard InChI is InChI=1S/C23H28N2O3/c26-22(27)18-8-10-19(11-9-18)24-23(28)25-14-12-17(13-15-25)21-7-3-5-16-4-1-2-6-20(16)21/h1-7,17-19H,8-15H2,(H,24,28)(H,26,27). The number of fused-ring (bicyclic) bond motifs is 1. The summed E-state index contributed by atoms with van der Waals surface area (Å²) in [6, 6.07) is 15.1. The zero-order chi connectivity index (χ0) is 19.5. The average Bonchev–Trinajstić information content (AvgIpc) is 2.74. The van der Waals surface area contributed by atoms with Crippen LogP contribution in [0.15, 0.2) is 42.5 Å². The van der Waals surface area contributed by atoms with E-state index in [2.05, 4.69) is 47.8 Å². The number of amides is 2. The van der Waals surface area contributed by atoms with Gasteiger partial charge in [0.15, 0.2) is 0 Å². The molecule has 0 radical (unpaired) electrons. The van der Waals surface area contributed by atoms with Crippen molar-refractivity contribution in [1.82, 2.24) is 10.2 Å². The SMILES string of the molecule is O=C(O)C1CCC(NC(=O)N2CCC(c3cccc4ccccc34)CC2)CC1. The summed E-state index contributed by atoms with van der Waals surface area (Å²) >= 11 is 0. The van der Waals surface area contributed by atoms with Gasteiger partial charge in [0.05, 0.1) is 5.92 Å². The Morgan fingerprint density at radius 2 is 1.57 bits per heavy atom. The number of carbonyl (C=O) groups is 2. The lowest BCUT2D eigenvalue weighted by molar-refractivity contribution is -0.142. The van der Waals surface area contributed by atoms with E-state index in [9.17, 15) is 9.59 Å². The molecule has 0 atom stereocenters. The van der Waals surface area contributed by atoms with Crippen LogP contribution in [0, 0.1) is 5.92 Å². The van der Waals surface area contributed by atoms with Gasteiger partial charge in [-0.3, -0.25) is 4.79 Å². The summed E-state index contributed by atoms with van der Waals surface area (Å²) in [6.45, 7) is 1.54. The fourth-order valence-electron chi connectivity index (χ4n) is 4.75. The fourth-order valence-corrected chi connectivity index (χ4v) is 4.75. The van der Waals surface area contributed by atoms with Gasteiger partial charge >= 0.3 is 12.0 Å². The molecule has 4 rings (SSSR count). The second-order valence-corrected chi connectivity index (χ2v) is 8.17. The molecule has 1 aliphatic heterocycles. The second kappa shape index (κ2) is 8.21. The van der Waals surface area contributed by atoms with Gasteiger partial charge in [0.2, 0.25) is 0 Å². The predicted molar refractivity (Wildman–Crippen MR) is 109 cm³/mol. The molecule has 1 aliphatic carbocycles. The summed E-state index contributed by atoms with van der Waals surface area (Å²) in [5, 5.41) is 14.8. The summed E-state index contributed by atoms with van der Waals surface area (Å²) < 4.78 is 0. The first-order valence-corrected chi connectivity index (χ1v) is 10.4. The number of piperidine rings is 1. The Morgan fingerprint density at radius 1 is 0.893 bits per heavy atom. The lowest BCUT2D eigenvalue weighted by Crippen LogP contribution is -2.48. The van der Waals surface area contributed by atoms with Crippen molar-refractivity contribution in [3.8, 4) is 0 Å². The van der Waals surface area contributed by atoms with E-state index in [1.807, 2.05) is 4.90 Å². The highest BCUT2D eigenvalue weighted by molar-refractivity contribution is 5.86. The Bertz CT molecular complexity index is 845. The van der Waals surface area contributed by atoms with E-state index >= 15 is 0 Å². The summed E-state index contributed by atoms with van der Waals surface area (Å²) in [5.74, 6) is -0.467. The molecule has 1 saturated carbocycles. The molecule has 2 aromatic carbocycles. The molecule has 5 heteroatoms. The quantitative estimate of drug-likeness (QED) is 0.831. The first-order valence-electron chi connectivity index (χ1n) is 10.4. The van der Waals surface area contributed by atoms with Crippen LogP contribution in [0.2, 0.25) is 0 Å². The first-order chi connectivity index (χ1) is 13.6. The van der Waals surface area contributed by atoms with Gasteiger partial charge in [0.1, 0.15) is 0 Å². The Kier molecular flexibility index (Phi) is 5.51. The van der Waals surface area contributed by atoms with Crippen molar-refractivity contribution in [3.63, 3.8) is 0 Å². The molecular weight excluding hydrogens is 352 g/mol. The van der Waals surface area contributed by atoms with Crippen molar-refractivity contribution in [1.29, 1.82) is 0 Å². The normalized spacial score (nSPS) is 23.5. The minimum atomic E-state index is -0.708. The number of hydrogen-bond donors (Lipinski definition) is 2. The van der Waals surface area contributed by atoms with Crippen LogP contribution >= 0.6 is 0 Å². The molecule has 1 saturated heterocycles. The Hall–Kier alpha value is -2.56. The summed E-state index contributed by atoms with van der Waals surface area (Å²) in [4.78, 5) is 25.6. The first kappa shape index (κ1) is 18.8. The van der Waals surface area contributed by atoms with E-state index in [4.69, 9.17) is 5.11 Å². The molecule has 5 nitrogen and oxygen atoms in total. The lowest BCUT2D eigenvalue weighted by atomic mass is 9.86. The maximum Gasteiger partial charge on any atom is 0.317 e. The molecular formula is C23H28N2O3. The van der Waals surface area contributed by atoms with Crippen molar-refractivity contribution in [3.05, 3.63) is 48.0 Å².